The van der Waals surface area contributed by atoms with Crippen molar-refractivity contribution < 1.29 is 5.11 Å². The van der Waals surface area contributed by atoms with Crippen LogP contribution in [-0.2, 0) is 0 Å². The molecule has 0 saturated heterocycles. The third kappa shape index (κ3) is 24.8. The molecule has 0 bridgehead atoms. The van der Waals surface area contributed by atoms with Crippen LogP contribution in [0.3, 0.4) is 0 Å². The van der Waals surface area contributed by atoms with Gasteiger partial charge in [0, 0.05) is 6.61 Å². The van der Waals surface area contributed by atoms with Gasteiger partial charge in [-0.1, -0.05) is 76.9 Å². The van der Waals surface area contributed by atoms with E-state index in [4.69, 9.17) is 5.11 Å². The van der Waals surface area contributed by atoms with E-state index in [0.717, 1.165) is 6.42 Å². The molecule has 0 aliphatic carbocycles. The summed E-state index contributed by atoms with van der Waals surface area (Å²) < 4.78 is 0. The molecule has 0 amide bonds. The lowest BCUT2D eigenvalue weighted by Crippen LogP contribution is -1.83. The van der Waals surface area contributed by atoms with E-state index < -0.39 is 0 Å². The first-order valence-electron chi connectivity index (χ1n) is 7.93. The van der Waals surface area contributed by atoms with Crippen LogP contribution in [0.15, 0.2) is 11.6 Å². The highest BCUT2D eigenvalue weighted by molar-refractivity contribution is 4.92. The smallest absolute Gasteiger partial charge is 0.0431 e. The Bertz CT molecular complexity index is 149. The van der Waals surface area contributed by atoms with Gasteiger partial charge in [0.2, 0.25) is 0 Å². The highest BCUT2D eigenvalue weighted by Crippen LogP contribution is 2.05. The van der Waals surface area contributed by atoms with Crippen LogP contribution in [-0.4, -0.2) is 11.7 Å². The zero-order valence-electron chi connectivity index (χ0n) is 13.3. The van der Waals surface area contributed by atoms with Gasteiger partial charge in [-0.2, -0.15) is 0 Å². The Morgan fingerprint density at radius 1 is 0.778 bits per heavy atom. The lowest BCUT2D eigenvalue weighted by atomic mass is 10.1. The first-order chi connectivity index (χ1) is 8.68. The molecule has 0 aliphatic heterocycles. The van der Waals surface area contributed by atoms with Crippen molar-refractivity contribution in [3.05, 3.63) is 11.6 Å². The Hall–Kier alpha value is -0.300. The van der Waals surface area contributed by atoms with Gasteiger partial charge in [-0.05, 0) is 26.7 Å². The van der Waals surface area contributed by atoms with Crippen LogP contribution < -0.4 is 0 Å². The molecule has 0 aromatic carbocycles. The van der Waals surface area contributed by atoms with Gasteiger partial charge in [-0.15, -0.1) is 0 Å². The van der Waals surface area contributed by atoms with E-state index in [0.29, 0.717) is 6.61 Å². The van der Waals surface area contributed by atoms with Crippen LogP contribution in [0.1, 0.15) is 91.9 Å². The Balaban J connectivity index is 0. The highest BCUT2D eigenvalue weighted by Gasteiger charge is 1.88. The number of unbranched alkanes of at least 4 members (excludes halogenated alkanes) is 8. The summed E-state index contributed by atoms with van der Waals surface area (Å²) in [5.41, 5.74) is 1.44. The molecule has 0 atom stereocenters. The molecule has 0 aromatic heterocycles. The molecule has 110 valence electrons. The van der Waals surface area contributed by atoms with Crippen LogP contribution in [0.5, 0.6) is 0 Å². The number of hydrogen-bond acceptors (Lipinski definition) is 1. The summed E-state index contributed by atoms with van der Waals surface area (Å²) in [6, 6.07) is 0. The number of allylic oxidation sites excluding steroid dienone is 2. The Morgan fingerprint density at radius 3 is 1.72 bits per heavy atom. The molecule has 0 saturated carbocycles. The van der Waals surface area contributed by atoms with E-state index in [1.807, 2.05) is 0 Å². The summed E-state index contributed by atoms with van der Waals surface area (Å²) >= 11 is 0. The normalized spacial score (nSPS) is 9.61. The van der Waals surface area contributed by atoms with Crippen molar-refractivity contribution in [2.75, 3.05) is 6.61 Å². The molecule has 0 radical (unpaired) electrons. The maximum atomic E-state index is 8.47. The standard InChI is InChI=1S/C9H20O.C8H16/c1-2-3-4-5-6-7-8-9-10;1-4-5-6-7-8(2)3/h10H,2-9H2,1H3;7H,4-6H2,1-3H3. The summed E-state index contributed by atoms with van der Waals surface area (Å²) in [7, 11) is 0. The third-order valence-corrected chi connectivity index (χ3v) is 2.87. The molecule has 1 heteroatoms. The predicted octanol–water partition coefficient (Wildman–Crippen LogP) is 5.87. The quantitative estimate of drug-likeness (QED) is 0.383. The summed E-state index contributed by atoms with van der Waals surface area (Å²) in [6.07, 6.45) is 15.1. The van der Waals surface area contributed by atoms with Gasteiger partial charge in [0.25, 0.3) is 0 Å². The van der Waals surface area contributed by atoms with Crippen molar-refractivity contribution in [1.29, 1.82) is 0 Å². The van der Waals surface area contributed by atoms with E-state index in [1.54, 1.807) is 0 Å². The zero-order chi connectivity index (χ0) is 14.1. The van der Waals surface area contributed by atoms with Crippen LogP contribution in [0.25, 0.3) is 0 Å². The number of aliphatic hydroxyl groups is 1. The minimum absolute atomic E-state index is 0.369. The van der Waals surface area contributed by atoms with Gasteiger partial charge in [0.15, 0.2) is 0 Å². The first kappa shape index (κ1) is 20.0. The maximum Gasteiger partial charge on any atom is 0.0431 e. The molecule has 0 rings (SSSR count). The molecule has 0 fully saturated rings. The largest absolute Gasteiger partial charge is 0.396 e. The number of aliphatic hydroxyl groups excluding tert-OH is 1. The summed E-state index contributed by atoms with van der Waals surface area (Å²) in [4.78, 5) is 0. The predicted molar refractivity (Wildman–Crippen MR) is 84.0 cm³/mol. The molecule has 0 aromatic rings. The van der Waals surface area contributed by atoms with Crippen molar-refractivity contribution in [3.63, 3.8) is 0 Å². The zero-order valence-corrected chi connectivity index (χ0v) is 13.3. The van der Waals surface area contributed by atoms with Gasteiger partial charge in [0.05, 0.1) is 0 Å². The molecule has 0 spiro atoms. The van der Waals surface area contributed by atoms with Crippen LogP contribution in [0.2, 0.25) is 0 Å². The van der Waals surface area contributed by atoms with Gasteiger partial charge < -0.3 is 5.11 Å². The van der Waals surface area contributed by atoms with Crippen molar-refractivity contribution in [1.82, 2.24) is 0 Å². The van der Waals surface area contributed by atoms with E-state index in [-0.39, 0.29) is 0 Å². The summed E-state index contributed by atoms with van der Waals surface area (Å²) in [5, 5.41) is 8.47. The Labute approximate surface area is 116 Å². The van der Waals surface area contributed by atoms with Gasteiger partial charge >= 0.3 is 0 Å². The Kier molecular flexibility index (Phi) is 21.2. The number of hydrogen-bond donors (Lipinski definition) is 1. The van der Waals surface area contributed by atoms with Gasteiger partial charge in [-0.25, -0.2) is 0 Å². The third-order valence-electron chi connectivity index (χ3n) is 2.87. The second-order valence-electron chi connectivity index (χ2n) is 5.27. The maximum absolute atomic E-state index is 8.47. The average Bonchev–Trinajstić information content (AvgIpc) is 2.34. The van der Waals surface area contributed by atoms with Gasteiger partial charge in [0.1, 0.15) is 0 Å². The van der Waals surface area contributed by atoms with Crippen molar-refractivity contribution in [3.8, 4) is 0 Å². The number of rotatable bonds is 10. The van der Waals surface area contributed by atoms with E-state index in [9.17, 15) is 0 Å². The molecule has 0 heterocycles. The van der Waals surface area contributed by atoms with Gasteiger partial charge in [-0.3, -0.25) is 0 Å². The second-order valence-corrected chi connectivity index (χ2v) is 5.27. The molecule has 18 heavy (non-hydrogen) atoms. The Morgan fingerprint density at radius 2 is 1.28 bits per heavy atom. The fraction of sp³-hybridized carbons (Fsp3) is 0.882. The molecule has 0 aliphatic rings. The minimum atomic E-state index is 0.369. The highest BCUT2D eigenvalue weighted by atomic mass is 16.2. The SMILES string of the molecule is CCCCC=C(C)C.CCCCCCCCCO. The summed E-state index contributed by atoms with van der Waals surface area (Å²) in [5.74, 6) is 0. The second kappa shape index (κ2) is 19.0. The fourth-order valence-electron chi connectivity index (χ4n) is 1.66. The van der Waals surface area contributed by atoms with Crippen LogP contribution in [0.4, 0.5) is 0 Å². The lowest BCUT2D eigenvalue weighted by Gasteiger charge is -1.97. The van der Waals surface area contributed by atoms with E-state index >= 15 is 0 Å². The van der Waals surface area contributed by atoms with Crippen molar-refractivity contribution in [2.24, 2.45) is 0 Å². The fourth-order valence-corrected chi connectivity index (χ4v) is 1.66. The average molecular weight is 256 g/mol. The van der Waals surface area contributed by atoms with E-state index in [2.05, 4.69) is 33.8 Å². The van der Waals surface area contributed by atoms with Crippen LogP contribution >= 0.6 is 0 Å². The molecule has 1 N–H and O–H groups in total. The first-order valence-corrected chi connectivity index (χ1v) is 7.93. The lowest BCUT2D eigenvalue weighted by molar-refractivity contribution is 0.282. The molecule has 0 unspecified atom stereocenters. The monoisotopic (exact) mass is 256 g/mol. The molecule has 1 nitrogen and oxygen atoms in total. The summed E-state index contributed by atoms with van der Waals surface area (Å²) in [6.45, 7) is 9.12. The molecular formula is C17H36O. The van der Waals surface area contributed by atoms with Crippen molar-refractivity contribution in [2.45, 2.75) is 91.9 Å². The minimum Gasteiger partial charge on any atom is -0.396 e. The van der Waals surface area contributed by atoms with Crippen molar-refractivity contribution >= 4 is 0 Å². The molecular weight excluding hydrogens is 220 g/mol. The van der Waals surface area contributed by atoms with Crippen LogP contribution in [0, 0.1) is 0 Å². The topological polar surface area (TPSA) is 20.2 Å². The van der Waals surface area contributed by atoms with E-state index in [1.165, 1.54) is 63.4 Å².